The Morgan fingerprint density at radius 3 is 2.68 bits per heavy atom. The van der Waals surface area contributed by atoms with Crippen molar-refractivity contribution >= 4 is 18.2 Å². The molecule has 1 aliphatic heterocycles. The molecule has 0 saturated carbocycles. The zero-order chi connectivity index (χ0) is 20.1. The van der Waals surface area contributed by atoms with E-state index in [9.17, 15) is 13.6 Å². The number of halogens is 2. The van der Waals surface area contributed by atoms with Crippen molar-refractivity contribution in [3.8, 4) is 11.1 Å². The van der Waals surface area contributed by atoms with Gasteiger partial charge in [0.1, 0.15) is 17.7 Å². The van der Waals surface area contributed by atoms with E-state index in [1.807, 2.05) is 19.1 Å². The van der Waals surface area contributed by atoms with Gasteiger partial charge in [0.25, 0.3) is 0 Å². The van der Waals surface area contributed by atoms with Crippen molar-refractivity contribution in [2.75, 3.05) is 13.1 Å². The molecular weight excluding hydrogens is 384 g/mol. The average Bonchev–Trinajstić information content (AvgIpc) is 2.68. The first-order valence-electron chi connectivity index (χ1n) is 9.11. The van der Waals surface area contributed by atoms with Crippen LogP contribution in [0, 0.1) is 11.6 Å². The summed E-state index contributed by atoms with van der Waals surface area (Å²) in [5.41, 5.74) is 1.91. The van der Waals surface area contributed by atoms with Crippen LogP contribution in [0.3, 0.4) is 0 Å². The van der Waals surface area contributed by atoms with E-state index < -0.39 is 11.6 Å². The SMILES string of the molecule is CC(c1ccc(-c2ccc(F)cc2F)cc1)N1CCC(CCNSN)OC1=O. The lowest BCUT2D eigenvalue weighted by Gasteiger charge is -2.36. The number of hydrogen-bond acceptors (Lipinski definition) is 5. The van der Waals surface area contributed by atoms with E-state index in [-0.39, 0.29) is 18.2 Å². The van der Waals surface area contributed by atoms with E-state index in [0.717, 1.165) is 36.6 Å². The number of amides is 1. The molecule has 0 bridgehead atoms. The van der Waals surface area contributed by atoms with E-state index in [2.05, 4.69) is 4.72 Å². The summed E-state index contributed by atoms with van der Waals surface area (Å²) in [6.45, 7) is 3.21. The summed E-state index contributed by atoms with van der Waals surface area (Å²) in [4.78, 5) is 14.1. The first-order valence-corrected chi connectivity index (χ1v) is 9.98. The average molecular weight is 407 g/mol. The molecule has 2 unspecified atom stereocenters. The molecule has 0 aromatic heterocycles. The fourth-order valence-corrected chi connectivity index (χ4v) is 3.56. The van der Waals surface area contributed by atoms with Gasteiger partial charge in [-0.3, -0.25) is 9.86 Å². The molecule has 1 aliphatic rings. The van der Waals surface area contributed by atoms with Crippen molar-refractivity contribution in [2.24, 2.45) is 5.14 Å². The van der Waals surface area contributed by atoms with E-state index in [0.29, 0.717) is 24.2 Å². The maximum Gasteiger partial charge on any atom is 0.410 e. The number of hydrogen-bond donors (Lipinski definition) is 2. The smallest absolute Gasteiger partial charge is 0.410 e. The Labute approximate surface area is 167 Å². The van der Waals surface area contributed by atoms with Gasteiger partial charge in [-0.05, 0) is 36.6 Å². The summed E-state index contributed by atoms with van der Waals surface area (Å²) < 4.78 is 35.5. The molecule has 150 valence electrons. The second-order valence-electron chi connectivity index (χ2n) is 6.71. The van der Waals surface area contributed by atoms with E-state index in [4.69, 9.17) is 9.88 Å². The van der Waals surface area contributed by atoms with E-state index >= 15 is 0 Å². The van der Waals surface area contributed by atoms with Gasteiger partial charge in [0.15, 0.2) is 0 Å². The Balaban J connectivity index is 1.65. The van der Waals surface area contributed by atoms with Gasteiger partial charge < -0.3 is 9.64 Å². The molecule has 2 aromatic carbocycles. The van der Waals surface area contributed by atoms with Crippen LogP contribution in [0.4, 0.5) is 13.6 Å². The number of benzene rings is 2. The van der Waals surface area contributed by atoms with Gasteiger partial charge in [-0.25, -0.2) is 13.6 Å². The minimum absolute atomic E-state index is 0.112. The Bertz CT molecular complexity index is 820. The molecule has 0 aliphatic carbocycles. The summed E-state index contributed by atoms with van der Waals surface area (Å²) in [6.07, 6.45) is 1.03. The molecule has 28 heavy (non-hydrogen) atoms. The predicted octanol–water partition coefficient (Wildman–Crippen LogP) is 4.41. The molecule has 2 aromatic rings. The van der Waals surface area contributed by atoms with Gasteiger partial charge in [-0.15, -0.1) is 0 Å². The number of rotatable bonds is 7. The minimum Gasteiger partial charge on any atom is -0.446 e. The molecular formula is C20H23F2N3O2S. The zero-order valence-corrected chi connectivity index (χ0v) is 16.3. The highest BCUT2D eigenvalue weighted by Crippen LogP contribution is 2.29. The van der Waals surface area contributed by atoms with Crippen LogP contribution in [-0.2, 0) is 4.74 Å². The third kappa shape index (κ3) is 4.81. The number of nitrogens with one attached hydrogen (secondary N) is 1. The Hall–Kier alpha value is -2.16. The van der Waals surface area contributed by atoms with Crippen molar-refractivity contribution in [3.63, 3.8) is 0 Å². The summed E-state index contributed by atoms with van der Waals surface area (Å²) >= 11 is 1.05. The number of nitrogens with two attached hydrogens (primary N) is 1. The molecule has 8 heteroatoms. The summed E-state index contributed by atoms with van der Waals surface area (Å²) in [5, 5.41) is 5.31. The molecule has 3 N–H and O–H groups in total. The van der Waals surface area contributed by atoms with Crippen molar-refractivity contribution in [3.05, 3.63) is 59.7 Å². The van der Waals surface area contributed by atoms with Crippen molar-refractivity contribution in [1.29, 1.82) is 0 Å². The van der Waals surface area contributed by atoms with Crippen LogP contribution in [0.1, 0.15) is 31.4 Å². The molecule has 0 spiro atoms. The van der Waals surface area contributed by atoms with E-state index in [1.54, 1.807) is 17.0 Å². The van der Waals surface area contributed by atoms with Crippen LogP contribution in [0.25, 0.3) is 11.1 Å². The molecule has 1 heterocycles. The first kappa shape index (κ1) is 20.6. The van der Waals surface area contributed by atoms with Crippen LogP contribution in [0.2, 0.25) is 0 Å². The lowest BCUT2D eigenvalue weighted by Crippen LogP contribution is -2.43. The van der Waals surface area contributed by atoms with Crippen molar-refractivity contribution < 1.29 is 18.3 Å². The van der Waals surface area contributed by atoms with Gasteiger partial charge in [0.05, 0.1) is 6.04 Å². The Morgan fingerprint density at radius 1 is 1.29 bits per heavy atom. The van der Waals surface area contributed by atoms with Crippen LogP contribution >= 0.6 is 12.1 Å². The molecule has 1 fully saturated rings. The highest BCUT2D eigenvalue weighted by molar-refractivity contribution is 7.95. The van der Waals surface area contributed by atoms with Gasteiger partial charge in [0, 0.05) is 43.3 Å². The summed E-state index contributed by atoms with van der Waals surface area (Å²) in [6, 6.07) is 10.6. The van der Waals surface area contributed by atoms with Gasteiger partial charge in [-0.1, -0.05) is 24.3 Å². The van der Waals surface area contributed by atoms with Gasteiger partial charge in [-0.2, -0.15) is 0 Å². The molecule has 2 atom stereocenters. The highest BCUT2D eigenvalue weighted by Gasteiger charge is 2.30. The number of cyclic esters (lactones) is 1. The number of carbonyl (C=O) groups is 1. The number of ether oxygens (including phenoxy) is 1. The number of carbonyl (C=O) groups excluding carboxylic acids is 1. The first-order chi connectivity index (χ1) is 13.5. The Morgan fingerprint density at radius 2 is 2.04 bits per heavy atom. The van der Waals surface area contributed by atoms with Crippen LogP contribution < -0.4 is 9.86 Å². The van der Waals surface area contributed by atoms with E-state index in [1.165, 1.54) is 12.1 Å². The quantitative estimate of drug-likeness (QED) is 0.526. The highest BCUT2D eigenvalue weighted by atomic mass is 32.2. The third-order valence-electron chi connectivity index (χ3n) is 4.95. The largest absolute Gasteiger partial charge is 0.446 e. The summed E-state index contributed by atoms with van der Waals surface area (Å²) in [7, 11) is 0. The Kier molecular flexibility index (Phi) is 6.88. The van der Waals surface area contributed by atoms with Crippen molar-refractivity contribution in [1.82, 2.24) is 9.62 Å². The zero-order valence-electron chi connectivity index (χ0n) is 15.5. The lowest BCUT2D eigenvalue weighted by molar-refractivity contribution is 0.0107. The predicted molar refractivity (Wildman–Crippen MR) is 106 cm³/mol. The molecule has 1 saturated heterocycles. The molecule has 5 nitrogen and oxygen atoms in total. The number of nitrogens with zero attached hydrogens (tertiary/aromatic N) is 1. The third-order valence-corrected chi connectivity index (χ3v) is 5.32. The fraction of sp³-hybridized carbons (Fsp3) is 0.350. The lowest BCUT2D eigenvalue weighted by atomic mass is 10.00. The van der Waals surface area contributed by atoms with Crippen LogP contribution in [-0.4, -0.2) is 30.2 Å². The van der Waals surface area contributed by atoms with Crippen molar-refractivity contribution in [2.45, 2.75) is 31.9 Å². The van der Waals surface area contributed by atoms with Gasteiger partial charge in [0.2, 0.25) is 0 Å². The molecule has 0 radical (unpaired) electrons. The minimum atomic E-state index is -0.606. The second kappa shape index (κ2) is 9.36. The van der Waals surface area contributed by atoms with Gasteiger partial charge >= 0.3 is 6.09 Å². The van der Waals surface area contributed by atoms with Crippen LogP contribution in [0.15, 0.2) is 42.5 Å². The summed E-state index contributed by atoms with van der Waals surface area (Å²) in [5.74, 6) is -1.21. The monoisotopic (exact) mass is 407 g/mol. The molecule has 3 rings (SSSR count). The standard InChI is InChI=1S/C20H23F2N3O2S/c1-13(25-11-9-17(27-20(25)26)8-10-24-28-23)14-2-4-15(5-3-14)18-7-6-16(21)12-19(18)22/h2-7,12-13,17,24H,8-11,23H2,1H3. The molecule has 1 amide bonds. The second-order valence-corrected chi connectivity index (χ2v) is 7.24. The normalized spacial score (nSPS) is 18.1. The van der Waals surface area contributed by atoms with Crippen LogP contribution in [0.5, 0.6) is 0 Å². The fourth-order valence-electron chi connectivity index (χ4n) is 3.32. The maximum atomic E-state index is 14.0. The topological polar surface area (TPSA) is 67.6 Å². The maximum absolute atomic E-state index is 14.0.